The fraction of sp³-hybridized carbons (Fsp3) is 0.722. The van der Waals surface area contributed by atoms with Gasteiger partial charge >= 0.3 is 0 Å². The molecule has 0 bridgehead atoms. The van der Waals surface area contributed by atoms with Crippen molar-refractivity contribution in [2.24, 2.45) is 5.73 Å². The molecule has 0 saturated carbocycles. The van der Waals surface area contributed by atoms with Gasteiger partial charge in [-0.1, -0.05) is 65.2 Å². The van der Waals surface area contributed by atoms with E-state index in [1.165, 1.54) is 57.2 Å². The Kier molecular flexibility index (Phi) is 8.51. The molecule has 1 heterocycles. The highest BCUT2D eigenvalue weighted by Crippen LogP contribution is 2.27. The van der Waals surface area contributed by atoms with Gasteiger partial charge in [0.25, 0.3) is 0 Å². The Bertz CT molecular complexity index is 377. The first-order valence-electron chi connectivity index (χ1n) is 8.53. The minimum Gasteiger partial charge on any atom is -0.320 e. The Morgan fingerprint density at radius 2 is 1.62 bits per heavy atom. The summed E-state index contributed by atoms with van der Waals surface area (Å²) < 4.78 is 13.0. The maximum absolute atomic E-state index is 13.0. The molecule has 3 heteroatoms. The second kappa shape index (κ2) is 9.88. The van der Waals surface area contributed by atoms with E-state index in [0.717, 1.165) is 25.0 Å². The summed E-state index contributed by atoms with van der Waals surface area (Å²) >= 11 is 0. The van der Waals surface area contributed by atoms with Crippen LogP contribution in [-0.4, -0.2) is 4.98 Å². The molecule has 0 spiro atoms. The molecule has 0 saturated heterocycles. The zero-order valence-corrected chi connectivity index (χ0v) is 13.7. The largest absolute Gasteiger partial charge is 0.320 e. The quantitative estimate of drug-likeness (QED) is 0.561. The van der Waals surface area contributed by atoms with Gasteiger partial charge in [0, 0.05) is 0 Å². The Morgan fingerprint density at radius 1 is 1.00 bits per heavy atom. The standard InChI is InChI=1S/C18H31FN2/c1-3-5-6-7-8-9-10-11-14-18(20,4-2)17-13-12-16(19)15-21-17/h12-13,15H,3-11,14,20H2,1-2H3. The lowest BCUT2D eigenvalue weighted by Gasteiger charge is -2.27. The van der Waals surface area contributed by atoms with Gasteiger partial charge in [-0.2, -0.15) is 0 Å². The zero-order valence-electron chi connectivity index (χ0n) is 13.7. The number of pyridine rings is 1. The number of hydrogen-bond acceptors (Lipinski definition) is 2. The number of aromatic nitrogens is 1. The van der Waals surface area contributed by atoms with E-state index in [1.807, 2.05) is 0 Å². The fourth-order valence-corrected chi connectivity index (χ4v) is 2.73. The lowest BCUT2D eigenvalue weighted by Crippen LogP contribution is -2.36. The summed E-state index contributed by atoms with van der Waals surface area (Å²) in [7, 11) is 0. The van der Waals surface area contributed by atoms with Crippen LogP contribution in [-0.2, 0) is 5.54 Å². The van der Waals surface area contributed by atoms with Crippen molar-refractivity contribution in [3.8, 4) is 0 Å². The molecule has 0 aliphatic rings. The second-order valence-corrected chi connectivity index (χ2v) is 6.10. The molecule has 0 aliphatic heterocycles. The molecular weight excluding hydrogens is 263 g/mol. The molecule has 1 aromatic rings. The molecule has 1 atom stereocenters. The molecule has 0 aromatic carbocycles. The van der Waals surface area contributed by atoms with E-state index in [-0.39, 0.29) is 5.82 Å². The van der Waals surface area contributed by atoms with Gasteiger partial charge in [-0.3, -0.25) is 4.98 Å². The number of halogens is 1. The van der Waals surface area contributed by atoms with Gasteiger partial charge in [-0.05, 0) is 25.0 Å². The molecule has 0 fully saturated rings. The van der Waals surface area contributed by atoms with Crippen LogP contribution >= 0.6 is 0 Å². The van der Waals surface area contributed by atoms with Crippen LogP contribution in [0, 0.1) is 5.82 Å². The van der Waals surface area contributed by atoms with Gasteiger partial charge in [0.05, 0.1) is 17.4 Å². The average Bonchev–Trinajstić information content (AvgIpc) is 2.50. The highest BCUT2D eigenvalue weighted by molar-refractivity contribution is 5.15. The molecule has 120 valence electrons. The van der Waals surface area contributed by atoms with Gasteiger partial charge in [0.1, 0.15) is 5.82 Å². The van der Waals surface area contributed by atoms with Gasteiger partial charge in [-0.15, -0.1) is 0 Å². The van der Waals surface area contributed by atoms with Crippen molar-refractivity contribution in [3.63, 3.8) is 0 Å². The minimum absolute atomic E-state index is 0.302. The van der Waals surface area contributed by atoms with Crippen molar-refractivity contribution in [2.45, 2.75) is 83.6 Å². The Morgan fingerprint density at radius 3 is 2.14 bits per heavy atom. The van der Waals surface area contributed by atoms with Crippen molar-refractivity contribution >= 4 is 0 Å². The summed E-state index contributed by atoms with van der Waals surface area (Å²) in [5.74, 6) is -0.302. The van der Waals surface area contributed by atoms with Gasteiger partial charge < -0.3 is 5.73 Å². The molecule has 0 aliphatic carbocycles. The van der Waals surface area contributed by atoms with Crippen molar-refractivity contribution in [2.75, 3.05) is 0 Å². The average molecular weight is 294 g/mol. The first-order chi connectivity index (χ1) is 10.1. The van der Waals surface area contributed by atoms with Crippen LogP contribution in [0.2, 0.25) is 0 Å². The maximum Gasteiger partial charge on any atom is 0.141 e. The molecule has 1 unspecified atom stereocenters. The summed E-state index contributed by atoms with van der Waals surface area (Å²) in [6, 6.07) is 3.18. The summed E-state index contributed by atoms with van der Waals surface area (Å²) in [6.45, 7) is 4.32. The normalized spacial score (nSPS) is 14.1. The highest BCUT2D eigenvalue weighted by Gasteiger charge is 2.26. The van der Waals surface area contributed by atoms with Crippen LogP contribution in [0.15, 0.2) is 18.3 Å². The van der Waals surface area contributed by atoms with Gasteiger partial charge in [0.2, 0.25) is 0 Å². The fourth-order valence-electron chi connectivity index (χ4n) is 2.73. The number of hydrogen-bond donors (Lipinski definition) is 1. The Labute approximate surface area is 129 Å². The minimum atomic E-state index is -0.407. The number of nitrogens with zero attached hydrogens (tertiary/aromatic N) is 1. The van der Waals surface area contributed by atoms with Crippen LogP contribution in [0.5, 0.6) is 0 Å². The predicted molar refractivity (Wildman–Crippen MR) is 87.6 cm³/mol. The van der Waals surface area contributed by atoms with Crippen LogP contribution in [0.4, 0.5) is 4.39 Å². The molecule has 2 nitrogen and oxygen atoms in total. The summed E-state index contributed by atoms with van der Waals surface area (Å²) in [5.41, 5.74) is 6.87. The number of nitrogens with two attached hydrogens (primary N) is 1. The molecule has 21 heavy (non-hydrogen) atoms. The Balaban J connectivity index is 2.28. The third-order valence-electron chi connectivity index (χ3n) is 4.34. The third-order valence-corrected chi connectivity index (χ3v) is 4.34. The summed E-state index contributed by atoms with van der Waals surface area (Å²) in [4.78, 5) is 4.17. The topological polar surface area (TPSA) is 38.9 Å². The van der Waals surface area contributed by atoms with E-state index < -0.39 is 5.54 Å². The van der Waals surface area contributed by atoms with E-state index in [1.54, 1.807) is 6.07 Å². The zero-order chi connectivity index (χ0) is 15.6. The monoisotopic (exact) mass is 294 g/mol. The maximum atomic E-state index is 13.0. The van der Waals surface area contributed by atoms with Crippen molar-refractivity contribution in [1.82, 2.24) is 4.98 Å². The smallest absolute Gasteiger partial charge is 0.141 e. The molecular formula is C18H31FN2. The lowest BCUT2D eigenvalue weighted by atomic mass is 9.86. The van der Waals surface area contributed by atoms with E-state index >= 15 is 0 Å². The van der Waals surface area contributed by atoms with Gasteiger partial charge in [-0.25, -0.2) is 4.39 Å². The Hall–Kier alpha value is -0.960. The van der Waals surface area contributed by atoms with Crippen LogP contribution in [0.25, 0.3) is 0 Å². The van der Waals surface area contributed by atoms with Crippen LogP contribution in [0.1, 0.15) is 83.7 Å². The molecule has 2 N–H and O–H groups in total. The first-order valence-corrected chi connectivity index (χ1v) is 8.53. The van der Waals surface area contributed by atoms with Gasteiger partial charge in [0.15, 0.2) is 0 Å². The molecule has 0 amide bonds. The third kappa shape index (κ3) is 6.56. The van der Waals surface area contributed by atoms with E-state index in [2.05, 4.69) is 18.8 Å². The first kappa shape index (κ1) is 18.1. The number of rotatable bonds is 11. The van der Waals surface area contributed by atoms with Crippen molar-refractivity contribution in [1.29, 1.82) is 0 Å². The molecule has 0 radical (unpaired) electrons. The van der Waals surface area contributed by atoms with Crippen molar-refractivity contribution in [3.05, 3.63) is 29.8 Å². The second-order valence-electron chi connectivity index (χ2n) is 6.10. The highest BCUT2D eigenvalue weighted by atomic mass is 19.1. The SMILES string of the molecule is CCCCCCCCCCC(N)(CC)c1ccc(F)cn1. The number of unbranched alkanes of at least 4 members (excludes halogenated alkanes) is 7. The van der Waals surface area contributed by atoms with E-state index in [0.29, 0.717) is 0 Å². The van der Waals surface area contributed by atoms with Crippen LogP contribution < -0.4 is 5.73 Å². The van der Waals surface area contributed by atoms with Crippen molar-refractivity contribution < 1.29 is 4.39 Å². The molecule has 1 rings (SSSR count). The van der Waals surface area contributed by atoms with Crippen LogP contribution in [0.3, 0.4) is 0 Å². The summed E-state index contributed by atoms with van der Waals surface area (Å²) in [5, 5.41) is 0. The summed E-state index contributed by atoms with van der Waals surface area (Å²) in [6.07, 6.45) is 13.4. The van der Waals surface area contributed by atoms with E-state index in [9.17, 15) is 4.39 Å². The predicted octanol–water partition coefficient (Wildman–Crippen LogP) is 5.32. The van der Waals surface area contributed by atoms with E-state index in [4.69, 9.17) is 5.73 Å². The lowest BCUT2D eigenvalue weighted by molar-refractivity contribution is 0.362. The molecule has 1 aromatic heterocycles.